The number of aromatic nitrogens is 4. The Bertz CT molecular complexity index is 1460. The molecule has 1 saturated heterocycles. The molecule has 1 amide bonds. The average molecular weight is 516 g/mol. The van der Waals surface area contributed by atoms with Crippen LogP contribution in [0.5, 0.6) is 5.88 Å². The highest BCUT2D eigenvalue weighted by molar-refractivity contribution is 5.84. The van der Waals surface area contributed by atoms with Crippen molar-refractivity contribution in [1.82, 2.24) is 29.7 Å². The zero-order valence-electron chi connectivity index (χ0n) is 21.3. The summed E-state index contributed by atoms with van der Waals surface area (Å²) in [5.41, 5.74) is 3.68. The van der Waals surface area contributed by atoms with E-state index in [1.54, 1.807) is 12.3 Å². The Morgan fingerprint density at radius 1 is 1.16 bits per heavy atom. The summed E-state index contributed by atoms with van der Waals surface area (Å²) in [6.07, 6.45) is 6.18. The number of carbonyl (C=O) groups is 1. The van der Waals surface area contributed by atoms with E-state index in [4.69, 9.17) is 4.74 Å². The first-order valence-corrected chi connectivity index (χ1v) is 13.0. The van der Waals surface area contributed by atoms with Crippen molar-refractivity contribution in [3.05, 3.63) is 60.2 Å². The number of aromatic amines is 1. The van der Waals surface area contributed by atoms with Gasteiger partial charge in [-0.3, -0.25) is 9.69 Å². The molecule has 2 aliphatic rings. The van der Waals surface area contributed by atoms with Gasteiger partial charge in [-0.15, -0.1) is 0 Å². The highest BCUT2D eigenvalue weighted by Crippen LogP contribution is 2.30. The summed E-state index contributed by atoms with van der Waals surface area (Å²) in [5.74, 6) is 1.79. The Balaban J connectivity index is 1.15. The molecule has 2 fully saturated rings. The standard InChI is InChI=1S/C28H30FN7O2/c1-38-25-15-21(22(29)16-31-25)19-7-8-23-24(14-19)33-28(32-23)34-26-20(6-3-9-30-26)17-35-10-12-36(13-11-35)27(37)18-4-2-5-18/h3,6-9,14-16,18H,2,4-5,10-13,17H2,1H3,(H2,30,32,33,34). The number of nitrogens with one attached hydrogen (secondary N) is 2. The third-order valence-electron chi connectivity index (χ3n) is 7.49. The summed E-state index contributed by atoms with van der Waals surface area (Å²) in [6.45, 7) is 3.96. The minimum atomic E-state index is -0.422. The monoisotopic (exact) mass is 515 g/mol. The first kappa shape index (κ1) is 24.3. The molecule has 10 heteroatoms. The molecule has 6 rings (SSSR count). The van der Waals surface area contributed by atoms with Crippen molar-refractivity contribution in [1.29, 1.82) is 0 Å². The van der Waals surface area contributed by atoms with Gasteiger partial charge in [0.05, 0.1) is 24.3 Å². The number of halogens is 1. The molecule has 0 bridgehead atoms. The fraction of sp³-hybridized carbons (Fsp3) is 0.357. The number of benzene rings is 1. The highest BCUT2D eigenvalue weighted by Gasteiger charge is 2.31. The van der Waals surface area contributed by atoms with Crippen LogP contribution in [0.4, 0.5) is 16.2 Å². The number of rotatable bonds is 7. The van der Waals surface area contributed by atoms with Gasteiger partial charge in [-0.05, 0) is 36.6 Å². The SMILES string of the molecule is COc1cc(-c2ccc3nc(Nc4ncccc4CN4CCN(C(=O)C5CCC5)CC4)[nH]c3c2)c(F)cn1. The van der Waals surface area contributed by atoms with E-state index >= 15 is 0 Å². The molecule has 1 aromatic carbocycles. The van der Waals surface area contributed by atoms with E-state index in [1.165, 1.54) is 13.5 Å². The molecule has 3 aromatic heterocycles. The third kappa shape index (κ3) is 4.91. The Hall–Kier alpha value is -4.05. The van der Waals surface area contributed by atoms with Crippen LogP contribution in [0.25, 0.3) is 22.2 Å². The predicted molar refractivity (Wildman–Crippen MR) is 143 cm³/mol. The topological polar surface area (TPSA) is 99.3 Å². The van der Waals surface area contributed by atoms with Gasteiger partial charge in [0.25, 0.3) is 0 Å². The number of amides is 1. The third-order valence-corrected chi connectivity index (χ3v) is 7.49. The van der Waals surface area contributed by atoms with Crippen LogP contribution in [-0.4, -0.2) is 68.9 Å². The van der Waals surface area contributed by atoms with Crippen LogP contribution in [0.15, 0.2) is 48.8 Å². The van der Waals surface area contributed by atoms with Gasteiger partial charge in [-0.1, -0.05) is 18.6 Å². The van der Waals surface area contributed by atoms with Crippen molar-refractivity contribution in [2.45, 2.75) is 25.8 Å². The molecular formula is C28H30FN7O2. The van der Waals surface area contributed by atoms with Crippen molar-refractivity contribution >= 4 is 28.7 Å². The van der Waals surface area contributed by atoms with E-state index in [-0.39, 0.29) is 5.92 Å². The van der Waals surface area contributed by atoms with Gasteiger partial charge in [0.2, 0.25) is 17.7 Å². The van der Waals surface area contributed by atoms with Gasteiger partial charge in [0.15, 0.2) is 0 Å². The van der Waals surface area contributed by atoms with Crippen LogP contribution in [0.2, 0.25) is 0 Å². The quantitative estimate of drug-likeness (QED) is 0.377. The fourth-order valence-corrected chi connectivity index (χ4v) is 5.06. The number of pyridine rings is 2. The van der Waals surface area contributed by atoms with Gasteiger partial charge in [-0.2, -0.15) is 0 Å². The molecular weight excluding hydrogens is 485 g/mol. The number of anilines is 2. The summed E-state index contributed by atoms with van der Waals surface area (Å²) < 4.78 is 19.6. The molecule has 0 radical (unpaired) electrons. The predicted octanol–water partition coefficient (Wildman–Crippen LogP) is 4.36. The lowest BCUT2D eigenvalue weighted by Gasteiger charge is -2.38. The summed E-state index contributed by atoms with van der Waals surface area (Å²) in [7, 11) is 1.50. The molecule has 0 unspecified atom stereocenters. The molecule has 38 heavy (non-hydrogen) atoms. The van der Waals surface area contributed by atoms with Crippen molar-refractivity contribution in [2.75, 3.05) is 38.6 Å². The molecule has 1 aliphatic carbocycles. The number of piperazine rings is 1. The second-order valence-corrected chi connectivity index (χ2v) is 9.89. The molecule has 196 valence electrons. The summed E-state index contributed by atoms with van der Waals surface area (Å²) in [4.78, 5) is 33.4. The zero-order valence-corrected chi connectivity index (χ0v) is 21.3. The lowest BCUT2D eigenvalue weighted by molar-refractivity contribution is -0.140. The number of carbonyl (C=O) groups excluding carboxylic acids is 1. The Kier molecular flexibility index (Phi) is 6.63. The average Bonchev–Trinajstić information content (AvgIpc) is 3.31. The minimum absolute atomic E-state index is 0.252. The largest absolute Gasteiger partial charge is 0.481 e. The second kappa shape index (κ2) is 10.4. The molecule has 0 spiro atoms. The normalized spacial score (nSPS) is 16.4. The van der Waals surface area contributed by atoms with Gasteiger partial charge in [-0.25, -0.2) is 19.3 Å². The number of fused-ring (bicyclic) bond motifs is 1. The maximum Gasteiger partial charge on any atom is 0.225 e. The smallest absolute Gasteiger partial charge is 0.225 e. The van der Waals surface area contributed by atoms with Gasteiger partial charge in [0.1, 0.15) is 11.6 Å². The zero-order chi connectivity index (χ0) is 26.1. The number of hydrogen-bond donors (Lipinski definition) is 2. The van der Waals surface area contributed by atoms with E-state index in [9.17, 15) is 9.18 Å². The van der Waals surface area contributed by atoms with Crippen LogP contribution in [0.3, 0.4) is 0 Å². The van der Waals surface area contributed by atoms with Crippen LogP contribution < -0.4 is 10.1 Å². The number of imidazole rings is 1. The molecule has 0 atom stereocenters. The van der Waals surface area contributed by atoms with Gasteiger partial charge in [0, 0.05) is 62.0 Å². The Morgan fingerprint density at radius 2 is 2.00 bits per heavy atom. The van der Waals surface area contributed by atoms with Crippen molar-refractivity contribution in [3.63, 3.8) is 0 Å². The van der Waals surface area contributed by atoms with Crippen molar-refractivity contribution in [2.24, 2.45) is 5.92 Å². The molecule has 4 aromatic rings. The number of ether oxygens (including phenoxy) is 1. The Labute approximate surface area is 220 Å². The molecule has 4 heterocycles. The van der Waals surface area contributed by atoms with Crippen LogP contribution in [-0.2, 0) is 11.3 Å². The van der Waals surface area contributed by atoms with Crippen LogP contribution in [0, 0.1) is 11.7 Å². The first-order valence-electron chi connectivity index (χ1n) is 13.0. The van der Waals surface area contributed by atoms with E-state index in [1.807, 2.05) is 29.2 Å². The van der Waals surface area contributed by atoms with Crippen LogP contribution >= 0.6 is 0 Å². The van der Waals surface area contributed by atoms with E-state index in [0.717, 1.165) is 74.2 Å². The summed E-state index contributed by atoms with van der Waals surface area (Å²) in [6, 6.07) is 11.1. The lowest BCUT2D eigenvalue weighted by Crippen LogP contribution is -2.50. The molecule has 9 nitrogen and oxygen atoms in total. The summed E-state index contributed by atoms with van der Waals surface area (Å²) >= 11 is 0. The maximum atomic E-state index is 14.4. The second-order valence-electron chi connectivity index (χ2n) is 9.89. The number of H-pyrrole nitrogens is 1. The Morgan fingerprint density at radius 3 is 2.76 bits per heavy atom. The maximum absolute atomic E-state index is 14.4. The first-order chi connectivity index (χ1) is 18.6. The fourth-order valence-electron chi connectivity index (χ4n) is 5.06. The summed E-state index contributed by atoms with van der Waals surface area (Å²) in [5, 5.41) is 3.32. The molecule has 1 aliphatic heterocycles. The number of methoxy groups -OCH3 is 1. The van der Waals surface area contributed by atoms with E-state index in [0.29, 0.717) is 28.9 Å². The highest BCUT2D eigenvalue weighted by atomic mass is 19.1. The van der Waals surface area contributed by atoms with Crippen molar-refractivity contribution < 1.29 is 13.9 Å². The minimum Gasteiger partial charge on any atom is -0.481 e. The van der Waals surface area contributed by atoms with Gasteiger partial charge >= 0.3 is 0 Å². The lowest BCUT2D eigenvalue weighted by atomic mass is 9.84. The van der Waals surface area contributed by atoms with E-state index in [2.05, 4.69) is 36.2 Å². The molecule has 2 N–H and O–H groups in total. The van der Waals surface area contributed by atoms with Crippen molar-refractivity contribution in [3.8, 4) is 17.0 Å². The van der Waals surface area contributed by atoms with Gasteiger partial charge < -0.3 is 19.9 Å². The van der Waals surface area contributed by atoms with E-state index < -0.39 is 5.82 Å². The number of nitrogens with zero attached hydrogens (tertiary/aromatic N) is 5. The van der Waals surface area contributed by atoms with Crippen LogP contribution in [0.1, 0.15) is 24.8 Å². The molecule has 1 saturated carbocycles. The number of hydrogen-bond acceptors (Lipinski definition) is 7.